The second-order valence-electron chi connectivity index (χ2n) is 9.51. The fraction of sp³-hybridized carbons (Fsp3) is 0.444. The highest BCUT2D eigenvalue weighted by Gasteiger charge is 2.34. The minimum atomic E-state index is -1.18. The van der Waals surface area contributed by atoms with E-state index >= 15 is 0 Å². The average Bonchev–Trinajstić information content (AvgIpc) is 2.90. The molecule has 200 valence electrons. The van der Waals surface area contributed by atoms with Gasteiger partial charge < -0.3 is 19.8 Å². The van der Waals surface area contributed by atoms with Gasteiger partial charge in [-0.25, -0.2) is 13.2 Å². The van der Waals surface area contributed by atoms with E-state index in [1.54, 1.807) is 13.2 Å². The number of halogens is 4. The van der Waals surface area contributed by atoms with E-state index < -0.39 is 23.6 Å². The molecule has 1 fully saturated rings. The number of hydrogen-bond acceptors (Lipinski definition) is 6. The number of methoxy groups -OCH3 is 1. The Kier molecular flexibility index (Phi) is 9.24. The van der Waals surface area contributed by atoms with Crippen LogP contribution >= 0.6 is 23.4 Å². The lowest BCUT2D eigenvalue weighted by molar-refractivity contribution is 0.0254. The van der Waals surface area contributed by atoms with Gasteiger partial charge in [-0.15, -0.1) is 11.8 Å². The van der Waals surface area contributed by atoms with Crippen LogP contribution in [0.4, 0.5) is 13.2 Å². The Bertz CT molecular complexity index is 1240. The first-order chi connectivity index (χ1) is 17.7. The third-order valence-electron chi connectivity index (χ3n) is 7.23. The first kappa shape index (κ1) is 28.0. The van der Waals surface area contributed by atoms with Crippen molar-refractivity contribution in [3.05, 3.63) is 64.6 Å². The standard InChI is InChI=1S/C27H30ClF3N2O3S/c1-36-18-2-3-22-19(14-18)25(20(28)15-32-22)23(35)4-5-27(16-34)6-8-33(9-7-27)10-11-37-24-13-17(29)12-21(30)26(24)31/h2-3,12-15,23,34-35H,4-11,16H2,1H3/t23-/m0/s1. The summed E-state index contributed by atoms with van der Waals surface area (Å²) in [5.74, 6) is -1.87. The van der Waals surface area contributed by atoms with Crippen LogP contribution in [0.1, 0.15) is 37.4 Å². The zero-order valence-corrected chi connectivity index (χ0v) is 22.1. The van der Waals surface area contributed by atoms with Gasteiger partial charge in [0.15, 0.2) is 11.6 Å². The van der Waals surface area contributed by atoms with Crippen molar-refractivity contribution in [2.45, 2.75) is 36.7 Å². The van der Waals surface area contributed by atoms with Gasteiger partial charge in [-0.3, -0.25) is 4.98 Å². The van der Waals surface area contributed by atoms with Crippen LogP contribution in [0.3, 0.4) is 0 Å². The molecule has 0 bridgehead atoms. The Balaban J connectivity index is 1.33. The number of nitrogens with zero attached hydrogens (tertiary/aromatic N) is 2. The quantitative estimate of drug-likeness (QED) is 0.237. The Morgan fingerprint density at radius 3 is 2.65 bits per heavy atom. The predicted molar refractivity (Wildman–Crippen MR) is 140 cm³/mol. The number of rotatable bonds is 10. The van der Waals surface area contributed by atoms with Crippen LogP contribution in [0.15, 0.2) is 41.4 Å². The van der Waals surface area contributed by atoms with Crippen LogP contribution in [0.5, 0.6) is 5.75 Å². The van der Waals surface area contributed by atoms with E-state index in [4.69, 9.17) is 16.3 Å². The van der Waals surface area contributed by atoms with Gasteiger partial charge >= 0.3 is 0 Å². The van der Waals surface area contributed by atoms with Crippen LogP contribution < -0.4 is 4.74 Å². The van der Waals surface area contributed by atoms with Gasteiger partial charge in [0.05, 0.1) is 23.8 Å². The summed E-state index contributed by atoms with van der Waals surface area (Å²) in [6, 6.07) is 6.99. The summed E-state index contributed by atoms with van der Waals surface area (Å²) in [7, 11) is 1.57. The van der Waals surface area contributed by atoms with Crippen LogP contribution in [0.25, 0.3) is 10.9 Å². The van der Waals surface area contributed by atoms with Gasteiger partial charge in [-0.1, -0.05) is 11.6 Å². The van der Waals surface area contributed by atoms with Crippen LogP contribution in [-0.4, -0.2) is 59.2 Å². The molecule has 0 aliphatic carbocycles. The molecule has 1 aliphatic heterocycles. The molecule has 0 amide bonds. The smallest absolute Gasteiger partial charge is 0.172 e. The number of thioether (sulfide) groups is 1. The highest BCUT2D eigenvalue weighted by atomic mass is 35.5. The SMILES string of the molecule is COc1ccc2ncc(Cl)c([C@@H](O)CCC3(CO)CCN(CCSc4cc(F)cc(F)c4F)CC3)c2c1. The maximum absolute atomic E-state index is 13.9. The number of likely N-dealkylation sites (tertiary alicyclic amines) is 1. The highest BCUT2D eigenvalue weighted by molar-refractivity contribution is 7.99. The third-order valence-corrected chi connectivity index (χ3v) is 8.52. The first-order valence-corrected chi connectivity index (χ1v) is 13.5. The number of aromatic nitrogens is 1. The molecule has 0 unspecified atom stereocenters. The number of ether oxygens (including phenoxy) is 1. The maximum atomic E-state index is 13.9. The molecule has 0 spiro atoms. The molecule has 3 aromatic rings. The van der Waals surface area contributed by atoms with Crippen molar-refractivity contribution >= 4 is 34.3 Å². The van der Waals surface area contributed by atoms with E-state index in [9.17, 15) is 23.4 Å². The normalized spacial score (nSPS) is 16.7. The number of aliphatic hydroxyl groups is 2. The van der Waals surface area contributed by atoms with Gasteiger partial charge in [0.2, 0.25) is 0 Å². The summed E-state index contributed by atoms with van der Waals surface area (Å²) in [5, 5.41) is 22.5. The zero-order chi connectivity index (χ0) is 26.6. The summed E-state index contributed by atoms with van der Waals surface area (Å²) in [6.07, 6.45) is 3.23. The summed E-state index contributed by atoms with van der Waals surface area (Å²) < 4.78 is 46.0. The van der Waals surface area contributed by atoms with Gasteiger partial charge in [0.25, 0.3) is 0 Å². The van der Waals surface area contributed by atoms with Crippen molar-refractivity contribution in [2.24, 2.45) is 5.41 Å². The molecular weight excluding hydrogens is 525 g/mol. The van der Waals surface area contributed by atoms with Crippen LogP contribution in [0, 0.1) is 22.9 Å². The minimum absolute atomic E-state index is 0.00867. The van der Waals surface area contributed by atoms with Gasteiger partial charge in [-0.05, 0) is 68.5 Å². The van der Waals surface area contributed by atoms with Crippen LogP contribution in [-0.2, 0) is 0 Å². The van der Waals surface area contributed by atoms with E-state index in [1.165, 1.54) is 6.20 Å². The lowest BCUT2D eigenvalue weighted by atomic mass is 9.74. The number of fused-ring (bicyclic) bond motifs is 1. The van der Waals surface area contributed by atoms with E-state index in [0.717, 1.165) is 49.1 Å². The van der Waals surface area contributed by atoms with Crippen molar-refractivity contribution in [3.63, 3.8) is 0 Å². The molecule has 1 aliphatic rings. The number of hydrogen-bond donors (Lipinski definition) is 2. The summed E-state index contributed by atoms with van der Waals surface area (Å²) in [6.45, 7) is 2.10. The largest absolute Gasteiger partial charge is 0.497 e. The Morgan fingerprint density at radius 2 is 1.95 bits per heavy atom. The van der Waals surface area contributed by atoms with Gasteiger partial charge in [0, 0.05) is 47.0 Å². The topological polar surface area (TPSA) is 65.8 Å². The van der Waals surface area contributed by atoms with Crippen molar-refractivity contribution in [1.29, 1.82) is 0 Å². The lowest BCUT2D eigenvalue weighted by Gasteiger charge is -2.41. The molecule has 2 N–H and O–H groups in total. The predicted octanol–water partition coefficient (Wildman–Crippen LogP) is 5.99. The van der Waals surface area contributed by atoms with Gasteiger partial charge in [-0.2, -0.15) is 0 Å². The van der Waals surface area contributed by atoms with E-state index in [1.807, 2.05) is 12.1 Å². The summed E-state index contributed by atoms with van der Waals surface area (Å²) in [5.41, 5.74) is 0.993. The fourth-order valence-electron chi connectivity index (χ4n) is 4.88. The Labute approximate surface area is 223 Å². The zero-order valence-electron chi connectivity index (χ0n) is 20.5. The molecule has 0 saturated carbocycles. The monoisotopic (exact) mass is 554 g/mol. The molecule has 4 rings (SSSR count). The van der Waals surface area contributed by atoms with E-state index in [-0.39, 0.29) is 16.9 Å². The summed E-state index contributed by atoms with van der Waals surface area (Å²) >= 11 is 7.52. The highest BCUT2D eigenvalue weighted by Crippen LogP contribution is 2.40. The second kappa shape index (κ2) is 12.2. The maximum Gasteiger partial charge on any atom is 0.172 e. The van der Waals surface area contributed by atoms with Crippen molar-refractivity contribution < 1.29 is 28.1 Å². The number of pyridine rings is 1. The first-order valence-electron chi connectivity index (χ1n) is 12.2. The third kappa shape index (κ3) is 6.52. The van der Waals surface area contributed by atoms with Crippen molar-refractivity contribution in [3.8, 4) is 5.75 Å². The minimum Gasteiger partial charge on any atom is -0.497 e. The summed E-state index contributed by atoms with van der Waals surface area (Å²) in [4.78, 5) is 6.51. The molecule has 2 heterocycles. The molecule has 1 saturated heterocycles. The lowest BCUT2D eigenvalue weighted by Crippen LogP contribution is -2.43. The van der Waals surface area contributed by atoms with Gasteiger partial charge in [0.1, 0.15) is 11.6 Å². The average molecular weight is 555 g/mol. The Hall–Kier alpha value is -2.04. The van der Waals surface area contributed by atoms with E-state index in [0.29, 0.717) is 53.1 Å². The molecule has 0 radical (unpaired) electrons. The van der Waals surface area contributed by atoms with E-state index in [2.05, 4.69) is 9.88 Å². The molecule has 2 aromatic carbocycles. The number of piperidine rings is 1. The fourth-order valence-corrected chi connectivity index (χ4v) is 6.15. The van der Waals surface area contributed by atoms with Crippen molar-refractivity contribution in [1.82, 2.24) is 9.88 Å². The molecule has 10 heteroatoms. The molecule has 1 atom stereocenters. The van der Waals surface area contributed by atoms with Crippen molar-refractivity contribution in [2.75, 3.05) is 39.1 Å². The molecule has 37 heavy (non-hydrogen) atoms. The Morgan fingerprint density at radius 1 is 1.19 bits per heavy atom. The van der Waals surface area contributed by atoms with Crippen LogP contribution in [0.2, 0.25) is 5.02 Å². The molecular formula is C27H30ClF3N2O3S. The number of benzene rings is 2. The number of aliphatic hydroxyl groups excluding tert-OH is 2. The second-order valence-corrected chi connectivity index (χ2v) is 11.0. The molecule has 1 aromatic heterocycles. The molecule has 5 nitrogen and oxygen atoms in total.